The summed E-state index contributed by atoms with van der Waals surface area (Å²) < 4.78 is 0. The fourth-order valence-electron chi connectivity index (χ4n) is 3.60. The molecule has 156 valence electrons. The van der Waals surface area contributed by atoms with Gasteiger partial charge in [-0.3, -0.25) is 0 Å². The molecule has 0 fully saturated rings. The van der Waals surface area contributed by atoms with Crippen molar-refractivity contribution in [2.45, 2.75) is 0 Å². The normalized spacial score (nSPS) is 11.2. The van der Waals surface area contributed by atoms with E-state index >= 15 is 0 Å². The number of rotatable bonds is 4. The molecule has 0 bridgehead atoms. The van der Waals surface area contributed by atoms with Gasteiger partial charge < -0.3 is 0 Å². The summed E-state index contributed by atoms with van der Waals surface area (Å²) in [5, 5.41) is 39.2. The molecule has 0 saturated carbocycles. The lowest BCUT2D eigenvalue weighted by molar-refractivity contribution is 1.47. The summed E-state index contributed by atoms with van der Waals surface area (Å²) in [4.78, 5) is 0. The van der Waals surface area contributed by atoms with Gasteiger partial charge in [-0.15, -0.1) is 0 Å². The molecule has 0 aliphatic rings. The Bertz CT molecular complexity index is 1490. The predicted octanol–water partition coefficient (Wildman–Crippen LogP) is 6.71. The van der Waals surface area contributed by atoms with Crippen molar-refractivity contribution in [3.05, 3.63) is 118 Å². The van der Waals surface area contributed by atoms with Gasteiger partial charge >= 0.3 is 0 Å². The highest BCUT2D eigenvalue weighted by Crippen LogP contribution is 2.25. The molecule has 34 heavy (non-hydrogen) atoms. The summed E-state index contributed by atoms with van der Waals surface area (Å²) in [5.74, 6) is 0. The first-order valence-electron chi connectivity index (χ1n) is 10.4. The van der Waals surface area contributed by atoms with Gasteiger partial charge in [0.2, 0.25) is 0 Å². The maximum Gasteiger partial charge on any atom is 0.0998 e. The number of hydrogen-bond acceptors (Lipinski definition) is 4. The van der Waals surface area contributed by atoms with Crippen LogP contribution in [0.4, 0.5) is 0 Å². The molecule has 0 saturated heterocycles. The molecule has 0 heterocycles. The molecule has 4 nitrogen and oxygen atoms in total. The molecule has 0 aliphatic carbocycles. The zero-order valence-electron chi connectivity index (χ0n) is 18.0. The number of benzene rings is 4. The Morgan fingerprint density at radius 2 is 0.882 bits per heavy atom. The van der Waals surface area contributed by atoms with E-state index in [2.05, 4.69) is 24.3 Å². The molecule has 0 radical (unpaired) electrons. The molecule has 0 aliphatic heterocycles. The summed E-state index contributed by atoms with van der Waals surface area (Å²) in [7, 11) is 0. The minimum Gasteiger partial charge on any atom is -0.192 e. The van der Waals surface area contributed by atoms with Crippen LogP contribution < -0.4 is 0 Å². The predicted molar refractivity (Wildman–Crippen MR) is 133 cm³/mol. The van der Waals surface area contributed by atoms with Gasteiger partial charge in [-0.25, -0.2) is 0 Å². The lowest BCUT2D eigenvalue weighted by atomic mass is 9.98. The summed E-state index contributed by atoms with van der Waals surface area (Å²) in [6, 6.07) is 34.4. The van der Waals surface area contributed by atoms with Crippen LogP contribution in [-0.2, 0) is 0 Å². The van der Waals surface area contributed by atoms with Gasteiger partial charge in [-0.05, 0) is 81.6 Å². The smallest absolute Gasteiger partial charge is 0.0998 e. The molecule has 4 heteroatoms. The monoisotopic (exact) mass is 432 g/mol. The summed E-state index contributed by atoms with van der Waals surface area (Å²) in [6.45, 7) is 0. The number of nitriles is 4. The average molecular weight is 432 g/mol. The van der Waals surface area contributed by atoms with Crippen LogP contribution in [0.15, 0.2) is 84.9 Å². The minimum absolute atomic E-state index is 0.518. The molecular weight excluding hydrogens is 416 g/mol. The van der Waals surface area contributed by atoms with Crippen LogP contribution in [0.25, 0.3) is 34.1 Å². The van der Waals surface area contributed by atoms with Crippen LogP contribution in [-0.4, -0.2) is 0 Å². The molecule has 0 aromatic heterocycles. The number of fused-ring (bicyclic) bond motifs is 1. The summed E-state index contributed by atoms with van der Waals surface area (Å²) in [5.41, 5.74) is 5.45. The molecule has 4 rings (SSSR count). The van der Waals surface area contributed by atoms with E-state index < -0.39 is 0 Å². The third-order valence-electron chi connectivity index (χ3n) is 5.40. The van der Waals surface area contributed by atoms with Gasteiger partial charge in [-0.1, -0.05) is 48.5 Å². The van der Waals surface area contributed by atoms with E-state index in [1.807, 2.05) is 48.6 Å². The second-order valence-corrected chi connectivity index (χ2v) is 7.58. The zero-order chi connectivity index (χ0) is 23.9. The van der Waals surface area contributed by atoms with Crippen LogP contribution >= 0.6 is 0 Å². The van der Waals surface area contributed by atoms with Crippen LogP contribution in [0.5, 0.6) is 0 Å². The Morgan fingerprint density at radius 3 is 1.21 bits per heavy atom. The van der Waals surface area contributed by atoms with E-state index in [0.717, 1.165) is 33.0 Å². The van der Waals surface area contributed by atoms with Crippen molar-refractivity contribution in [1.82, 2.24) is 0 Å². The third-order valence-corrected chi connectivity index (χ3v) is 5.40. The second kappa shape index (κ2) is 9.80. The quantitative estimate of drug-likeness (QED) is 0.264. The van der Waals surface area contributed by atoms with Crippen molar-refractivity contribution in [1.29, 1.82) is 21.0 Å². The van der Waals surface area contributed by atoms with E-state index in [1.54, 1.807) is 48.5 Å². The Labute approximate surface area is 197 Å². The lowest BCUT2D eigenvalue weighted by Gasteiger charge is -2.05. The second-order valence-electron chi connectivity index (χ2n) is 7.58. The largest absolute Gasteiger partial charge is 0.192 e. The van der Waals surface area contributed by atoms with Crippen LogP contribution in [0.1, 0.15) is 33.4 Å². The Morgan fingerprint density at radius 1 is 0.500 bits per heavy atom. The van der Waals surface area contributed by atoms with Gasteiger partial charge in [0.25, 0.3) is 0 Å². The standard InChI is InChI=1S/C30H16N4/c31-17-21-1-7-25(8-2-21)29(19-33)15-23-5-11-28-14-24(6-12-27(28)13-23)16-30(20-34)26-9-3-22(18-32)4-10-26/h1-16H. The fourth-order valence-corrected chi connectivity index (χ4v) is 3.60. The summed E-state index contributed by atoms with van der Waals surface area (Å²) in [6.07, 6.45) is 3.65. The van der Waals surface area contributed by atoms with E-state index in [9.17, 15) is 10.5 Å². The third kappa shape index (κ3) is 4.74. The van der Waals surface area contributed by atoms with Crippen molar-refractivity contribution in [3.8, 4) is 24.3 Å². The van der Waals surface area contributed by atoms with Crippen molar-refractivity contribution in [2.24, 2.45) is 0 Å². The van der Waals surface area contributed by atoms with Crippen LogP contribution in [0, 0.1) is 45.3 Å². The van der Waals surface area contributed by atoms with Gasteiger partial charge in [0.15, 0.2) is 0 Å². The van der Waals surface area contributed by atoms with Gasteiger partial charge in [0.05, 0.1) is 46.5 Å². The topological polar surface area (TPSA) is 95.2 Å². The molecule has 0 N–H and O–H groups in total. The number of hydrogen-bond donors (Lipinski definition) is 0. The van der Waals surface area contributed by atoms with Crippen molar-refractivity contribution in [2.75, 3.05) is 0 Å². The Hall–Kier alpha value is -5.42. The SMILES string of the molecule is N#CC(=Cc1ccc2cc(C=C(C#N)c3ccc(C#N)cc3)ccc2c1)c1ccc(C#N)cc1. The first-order chi connectivity index (χ1) is 16.6. The molecule has 0 amide bonds. The average Bonchev–Trinajstić information content (AvgIpc) is 2.90. The van der Waals surface area contributed by atoms with Crippen molar-refractivity contribution >= 4 is 34.1 Å². The Balaban J connectivity index is 1.65. The van der Waals surface area contributed by atoms with Crippen molar-refractivity contribution in [3.63, 3.8) is 0 Å². The van der Waals surface area contributed by atoms with E-state index in [-0.39, 0.29) is 0 Å². The number of allylic oxidation sites excluding steroid dienone is 2. The van der Waals surface area contributed by atoms with Gasteiger partial charge in [-0.2, -0.15) is 21.0 Å². The highest BCUT2D eigenvalue weighted by atomic mass is 14.3. The van der Waals surface area contributed by atoms with Gasteiger partial charge in [0.1, 0.15) is 0 Å². The molecule has 4 aromatic rings. The zero-order valence-corrected chi connectivity index (χ0v) is 18.0. The van der Waals surface area contributed by atoms with E-state index in [0.29, 0.717) is 22.3 Å². The first kappa shape index (κ1) is 21.8. The van der Waals surface area contributed by atoms with Crippen molar-refractivity contribution < 1.29 is 0 Å². The molecule has 0 atom stereocenters. The number of nitrogens with zero attached hydrogens (tertiary/aromatic N) is 4. The minimum atomic E-state index is 0.518. The molecular formula is C30H16N4. The maximum absolute atomic E-state index is 9.62. The summed E-state index contributed by atoms with van der Waals surface area (Å²) >= 11 is 0. The Kier molecular flexibility index (Phi) is 6.29. The first-order valence-corrected chi connectivity index (χ1v) is 10.4. The van der Waals surface area contributed by atoms with Crippen LogP contribution in [0.3, 0.4) is 0 Å². The van der Waals surface area contributed by atoms with E-state index in [4.69, 9.17) is 10.5 Å². The fraction of sp³-hybridized carbons (Fsp3) is 0. The van der Waals surface area contributed by atoms with Crippen LogP contribution in [0.2, 0.25) is 0 Å². The molecule has 4 aromatic carbocycles. The molecule has 0 unspecified atom stereocenters. The maximum atomic E-state index is 9.62. The highest BCUT2D eigenvalue weighted by Gasteiger charge is 2.05. The molecule has 0 spiro atoms. The van der Waals surface area contributed by atoms with Gasteiger partial charge in [0, 0.05) is 0 Å². The van der Waals surface area contributed by atoms with E-state index in [1.165, 1.54) is 0 Å². The lowest BCUT2D eigenvalue weighted by Crippen LogP contribution is -1.85. The highest BCUT2D eigenvalue weighted by molar-refractivity contribution is 5.95.